The zero-order valence-corrected chi connectivity index (χ0v) is 7.90. The second-order valence-corrected chi connectivity index (χ2v) is 4.22. The number of allylic oxidation sites excluding steroid dienone is 1. The van der Waals surface area contributed by atoms with Crippen LogP contribution >= 0.6 is 0 Å². The first-order chi connectivity index (χ1) is 5.20. The van der Waals surface area contributed by atoms with Gasteiger partial charge in [0.2, 0.25) is 0 Å². The van der Waals surface area contributed by atoms with Crippen LogP contribution in [0.5, 0.6) is 0 Å². The van der Waals surface area contributed by atoms with Crippen molar-refractivity contribution >= 4 is 0 Å². The Balaban J connectivity index is 1.97. The molecule has 0 N–H and O–H groups in total. The maximum atomic E-state index is 4.11. The molecule has 0 amide bonds. The molecule has 0 unspecified atom stereocenters. The van der Waals surface area contributed by atoms with E-state index in [0.717, 1.165) is 11.8 Å². The van der Waals surface area contributed by atoms with Gasteiger partial charge in [0.1, 0.15) is 0 Å². The molecular formula is C11H20. The second-order valence-electron chi connectivity index (χ2n) is 4.22. The fourth-order valence-electron chi connectivity index (χ4n) is 1.43. The SMILES string of the molecule is C=C(CCCC(C)C)C1CC1. The molecule has 0 heteroatoms. The molecule has 11 heavy (non-hydrogen) atoms. The van der Waals surface area contributed by atoms with E-state index in [1.165, 1.54) is 37.7 Å². The Labute approximate surface area is 70.7 Å². The maximum Gasteiger partial charge on any atom is -0.0205 e. The fourth-order valence-corrected chi connectivity index (χ4v) is 1.43. The molecule has 64 valence electrons. The lowest BCUT2D eigenvalue weighted by Crippen LogP contribution is -1.89. The molecule has 0 heterocycles. The van der Waals surface area contributed by atoms with Gasteiger partial charge in [-0.05, 0) is 37.5 Å². The average Bonchev–Trinajstić information content (AvgIpc) is 2.66. The first-order valence-electron chi connectivity index (χ1n) is 4.88. The molecule has 0 atom stereocenters. The Morgan fingerprint density at radius 2 is 2.09 bits per heavy atom. The van der Waals surface area contributed by atoms with E-state index in [1.54, 1.807) is 0 Å². The first-order valence-corrected chi connectivity index (χ1v) is 4.88. The Morgan fingerprint density at radius 3 is 2.55 bits per heavy atom. The van der Waals surface area contributed by atoms with Crippen LogP contribution in [0.4, 0.5) is 0 Å². The van der Waals surface area contributed by atoms with Crippen LogP contribution < -0.4 is 0 Å². The number of hydrogen-bond donors (Lipinski definition) is 0. The van der Waals surface area contributed by atoms with E-state index in [2.05, 4.69) is 20.4 Å². The minimum absolute atomic E-state index is 0.863. The average molecular weight is 152 g/mol. The molecular weight excluding hydrogens is 132 g/mol. The highest BCUT2D eigenvalue weighted by molar-refractivity contribution is 5.06. The van der Waals surface area contributed by atoms with E-state index < -0.39 is 0 Å². The van der Waals surface area contributed by atoms with Crippen molar-refractivity contribution in [3.63, 3.8) is 0 Å². The van der Waals surface area contributed by atoms with Crippen LogP contribution in [0.1, 0.15) is 46.0 Å². The van der Waals surface area contributed by atoms with Crippen molar-refractivity contribution in [2.24, 2.45) is 11.8 Å². The largest absolute Gasteiger partial charge is 0.0996 e. The summed E-state index contributed by atoms with van der Waals surface area (Å²) in [6, 6.07) is 0. The number of hydrogen-bond acceptors (Lipinski definition) is 0. The summed E-state index contributed by atoms with van der Waals surface area (Å²) in [7, 11) is 0. The quantitative estimate of drug-likeness (QED) is 0.526. The van der Waals surface area contributed by atoms with Crippen LogP contribution in [0.2, 0.25) is 0 Å². The van der Waals surface area contributed by atoms with Gasteiger partial charge in [-0.25, -0.2) is 0 Å². The van der Waals surface area contributed by atoms with Crippen LogP contribution in [-0.2, 0) is 0 Å². The second kappa shape index (κ2) is 3.94. The van der Waals surface area contributed by atoms with Crippen molar-refractivity contribution in [1.29, 1.82) is 0 Å². The van der Waals surface area contributed by atoms with Crippen molar-refractivity contribution in [3.8, 4) is 0 Å². The summed E-state index contributed by atoms with van der Waals surface area (Å²) >= 11 is 0. The van der Waals surface area contributed by atoms with Gasteiger partial charge < -0.3 is 0 Å². The van der Waals surface area contributed by atoms with Crippen LogP contribution in [0, 0.1) is 11.8 Å². The van der Waals surface area contributed by atoms with Crippen LogP contribution in [0.25, 0.3) is 0 Å². The summed E-state index contributed by atoms with van der Waals surface area (Å²) in [5.74, 6) is 1.78. The Bertz CT molecular complexity index is 129. The van der Waals surface area contributed by atoms with Crippen LogP contribution in [0.3, 0.4) is 0 Å². The van der Waals surface area contributed by atoms with Crippen molar-refractivity contribution in [2.45, 2.75) is 46.0 Å². The summed E-state index contributed by atoms with van der Waals surface area (Å²) in [5.41, 5.74) is 1.52. The Kier molecular flexibility index (Phi) is 3.16. The molecule has 0 aromatic carbocycles. The highest BCUT2D eigenvalue weighted by Gasteiger charge is 2.23. The van der Waals surface area contributed by atoms with E-state index in [0.29, 0.717) is 0 Å². The summed E-state index contributed by atoms with van der Waals surface area (Å²) in [6.45, 7) is 8.70. The Morgan fingerprint density at radius 1 is 1.45 bits per heavy atom. The summed E-state index contributed by atoms with van der Waals surface area (Å²) in [5, 5.41) is 0. The molecule has 0 radical (unpaired) electrons. The Hall–Kier alpha value is -0.260. The molecule has 0 aliphatic heterocycles. The lowest BCUT2D eigenvalue weighted by Gasteiger charge is -2.05. The predicted molar refractivity (Wildman–Crippen MR) is 50.6 cm³/mol. The van der Waals surface area contributed by atoms with Gasteiger partial charge in [0, 0.05) is 0 Å². The number of rotatable bonds is 5. The lowest BCUT2D eigenvalue weighted by molar-refractivity contribution is 0.550. The van der Waals surface area contributed by atoms with Crippen LogP contribution in [-0.4, -0.2) is 0 Å². The standard InChI is InChI=1S/C11H20/c1-9(2)5-4-6-10(3)11-7-8-11/h9,11H,3-8H2,1-2H3. The smallest absolute Gasteiger partial charge is 0.0205 e. The van der Waals surface area contributed by atoms with Gasteiger partial charge >= 0.3 is 0 Å². The zero-order valence-electron chi connectivity index (χ0n) is 7.90. The third kappa shape index (κ3) is 3.60. The molecule has 0 bridgehead atoms. The highest BCUT2D eigenvalue weighted by atomic mass is 14.3. The lowest BCUT2D eigenvalue weighted by atomic mass is 10.0. The van der Waals surface area contributed by atoms with Crippen molar-refractivity contribution in [2.75, 3.05) is 0 Å². The van der Waals surface area contributed by atoms with E-state index >= 15 is 0 Å². The maximum absolute atomic E-state index is 4.11. The third-order valence-corrected chi connectivity index (χ3v) is 2.43. The van der Waals surface area contributed by atoms with Crippen molar-refractivity contribution in [3.05, 3.63) is 12.2 Å². The van der Waals surface area contributed by atoms with E-state index in [9.17, 15) is 0 Å². The predicted octanol–water partition coefficient (Wildman–Crippen LogP) is 3.78. The van der Waals surface area contributed by atoms with Gasteiger partial charge in [0.15, 0.2) is 0 Å². The summed E-state index contributed by atoms with van der Waals surface area (Å²) in [4.78, 5) is 0. The summed E-state index contributed by atoms with van der Waals surface area (Å²) < 4.78 is 0. The molecule has 0 saturated heterocycles. The van der Waals surface area contributed by atoms with Gasteiger partial charge in [-0.15, -0.1) is 0 Å². The van der Waals surface area contributed by atoms with Crippen molar-refractivity contribution < 1.29 is 0 Å². The van der Waals surface area contributed by atoms with Gasteiger partial charge in [-0.2, -0.15) is 0 Å². The van der Waals surface area contributed by atoms with Crippen molar-refractivity contribution in [1.82, 2.24) is 0 Å². The molecule has 1 rings (SSSR count). The molecule has 0 nitrogen and oxygen atoms in total. The van der Waals surface area contributed by atoms with E-state index in [-0.39, 0.29) is 0 Å². The normalized spacial score (nSPS) is 17.4. The first kappa shape index (κ1) is 8.83. The van der Waals surface area contributed by atoms with Gasteiger partial charge in [0.25, 0.3) is 0 Å². The van der Waals surface area contributed by atoms with Gasteiger partial charge in [-0.1, -0.05) is 32.4 Å². The van der Waals surface area contributed by atoms with Gasteiger partial charge in [-0.3, -0.25) is 0 Å². The fraction of sp³-hybridized carbons (Fsp3) is 0.818. The van der Waals surface area contributed by atoms with E-state index in [1.807, 2.05) is 0 Å². The van der Waals surface area contributed by atoms with E-state index in [4.69, 9.17) is 0 Å². The molecule has 1 aliphatic carbocycles. The monoisotopic (exact) mass is 152 g/mol. The molecule has 0 aromatic heterocycles. The molecule has 1 saturated carbocycles. The van der Waals surface area contributed by atoms with Gasteiger partial charge in [0.05, 0.1) is 0 Å². The van der Waals surface area contributed by atoms with Crippen LogP contribution in [0.15, 0.2) is 12.2 Å². The topological polar surface area (TPSA) is 0 Å². The molecule has 0 aromatic rings. The molecule has 1 fully saturated rings. The highest BCUT2D eigenvalue weighted by Crippen LogP contribution is 2.37. The molecule has 0 spiro atoms. The minimum Gasteiger partial charge on any atom is -0.0996 e. The molecule has 1 aliphatic rings. The zero-order chi connectivity index (χ0) is 8.27. The third-order valence-electron chi connectivity index (χ3n) is 2.43. The minimum atomic E-state index is 0.863. The summed E-state index contributed by atoms with van der Waals surface area (Å²) in [6.07, 6.45) is 6.84.